The second-order valence-electron chi connectivity index (χ2n) is 4.37. The van der Waals surface area contributed by atoms with Gasteiger partial charge in [-0.15, -0.1) is 0 Å². The van der Waals surface area contributed by atoms with E-state index in [1.165, 1.54) is 5.56 Å². The van der Waals surface area contributed by atoms with Gasteiger partial charge in [-0.25, -0.2) is 0 Å². The molecular weight excluding hydrogens is 231 g/mol. The minimum Gasteiger partial charge on any atom is -0.297 e. The molecule has 0 spiro atoms. The first-order valence-electron chi connectivity index (χ1n) is 5.83. The van der Waals surface area contributed by atoms with E-state index in [1.807, 2.05) is 11.8 Å². The fraction of sp³-hybridized carbons (Fsp3) is 0.727. The molecule has 1 aliphatic heterocycles. The number of H-pyrrole nitrogens is 1. The average molecular weight is 247 g/mol. The zero-order valence-corrected chi connectivity index (χ0v) is 9.77. The maximum atomic E-state index is 12.1. The zero-order chi connectivity index (χ0) is 12.5. The van der Waals surface area contributed by atoms with Crippen LogP contribution in [0.25, 0.3) is 0 Å². The highest BCUT2D eigenvalue weighted by Gasteiger charge is 2.29. The van der Waals surface area contributed by atoms with E-state index in [-0.39, 0.29) is 6.54 Å². The fourth-order valence-corrected chi connectivity index (χ4v) is 2.21. The standard InChI is InChI=1S/C11H16F3N3/c1-2-9-8-3-5-17(6-4-11(12,13)14)7-10(8)16-15-9/h2-7H2,1H3,(H,15,16). The van der Waals surface area contributed by atoms with Crippen molar-refractivity contribution in [1.82, 2.24) is 15.1 Å². The summed E-state index contributed by atoms with van der Waals surface area (Å²) in [4.78, 5) is 1.83. The van der Waals surface area contributed by atoms with Crippen molar-refractivity contribution in [3.8, 4) is 0 Å². The summed E-state index contributed by atoms with van der Waals surface area (Å²) < 4.78 is 36.4. The van der Waals surface area contributed by atoms with Gasteiger partial charge in [-0.2, -0.15) is 18.3 Å². The Hall–Kier alpha value is -1.04. The summed E-state index contributed by atoms with van der Waals surface area (Å²) in [5, 5.41) is 7.12. The number of fused-ring (bicyclic) bond motifs is 1. The fourth-order valence-electron chi connectivity index (χ4n) is 2.21. The van der Waals surface area contributed by atoms with E-state index in [2.05, 4.69) is 10.2 Å². The molecule has 0 unspecified atom stereocenters. The number of hydrogen-bond acceptors (Lipinski definition) is 2. The summed E-state index contributed by atoms with van der Waals surface area (Å²) in [5.74, 6) is 0. The largest absolute Gasteiger partial charge is 0.390 e. The number of aromatic nitrogens is 2. The molecule has 2 rings (SSSR count). The van der Waals surface area contributed by atoms with Crippen molar-refractivity contribution < 1.29 is 13.2 Å². The minimum absolute atomic E-state index is 0.0728. The smallest absolute Gasteiger partial charge is 0.297 e. The van der Waals surface area contributed by atoms with Crippen LogP contribution in [-0.2, 0) is 19.4 Å². The van der Waals surface area contributed by atoms with Crippen molar-refractivity contribution in [2.45, 2.75) is 38.9 Å². The number of halogens is 3. The molecule has 0 atom stereocenters. The molecule has 6 heteroatoms. The molecule has 0 saturated heterocycles. The van der Waals surface area contributed by atoms with E-state index in [0.29, 0.717) is 13.1 Å². The van der Waals surface area contributed by atoms with Gasteiger partial charge in [-0.1, -0.05) is 6.92 Å². The van der Waals surface area contributed by atoms with Crippen molar-refractivity contribution >= 4 is 0 Å². The molecule has 1 aromatic heterocycles. The molecule has 3 nitrogen and oxygen atoms in total. The number of hydrogen-bond donors (Lipinski definition) is 1. The summed E-state index contributed by atoms with van der Waals surface area (Å²) in [7, 11) is 0. The van der Waals surface area contributed by atoms with Crippen LogP contribution >= 0.6 is 0 Å². The van der Waals surface area contributed by atoms with E-state index in [9.17, 15) is 13.2 Å². The van der Waals surface area contributed by atoms with Crippen molar-refractivity contribution in [3.63, 3.8) is 0 Å². The van der Waals surface area contributed by atoms with Crippen LogP contribution in [0.3, 0.4) is 0 Å². The molecule has 96 valence electrons. The molecule has 0 aliphatic carbocycles. The maximum absolute atomic E-state index is 12.1. The third-order valence-corrected chi connectivity index (χ3v) is 3.14. The van der Waals surface area contributed by atoms with Crippen LogP contribution in [0.15, 0.2) is 0 Å². The van der Waals surface area contributed by atoms with Crippen molar-refractivity contribution in [3.05, 3.63) is 17.0 Å². The molecule has 0 bridgehead atoms. The van der Waals surface area contributed by atoms with Crippen LogP contribution in [0.2, 0.25) is 0 Å². The maximum Gasteiger partial charge on any atom is 0.390 e. The van der Waals surface area contributed by atoms with Crippen molar-refractivity contribution in [2.75, 3.05) is 13.1 Å². The first-order chi connectivity index (χ1) is 7.99. The number of rotatable bonds is 3. The average Bonchev–Trinajstić information content (AvgIpc) is 2.67. The molecule has 17 heavy (non-hydrogen) atoms. The molecule has 0 radical (unpaired) electrons. The van der Waals surface area contributed by atoms with Crippen LogP contribution in [0.1, 0.15) is 30.3 Å². The number of aromatic amines is 1. The van der Waals surface area contributed by atoms with Crippen LogP contribution in [0, 0.1) is 0 Å². The van der Waals surface area contributed by atoms with Crippen molar-refractivity contribution in [1.29, 1.82) is 0 Å². The number of aryl methyl sites for hydroxylation is 1. The topological polar surface area (TPSA) is 31.9 Å². The highest BCUT2D eigenvalue weighted by Crippen LogP contribution is 2.24. The van der Waals surface area contributed by atoms with Crippen LogP contribution < -0.4 is 0 Å². The molecule has 0 saturated carbocycles. The molecular formula is C11H16F3N3. The van der Waals surface area contributed by atoms with Crippen LogP contribution in [0.4, 0.5) is 13.2 Å². The van der Waals surface area contributed by atoms with Gasteiger partial charge >= 0.3 is 6.18 Å². The van der Waals surface area contributed by atoms with E-state index in [0.717, 1.165) is 24.2 Å². The molecule has 0 fully saturated rings. The predicted molar refractivity (Wildman–Crippen MR) is 57.6 cm³/mol. The van der Waals surface area contributed by atoms with Gasteiger partial charge in [-0.05, 0) is 18.4 Å². The van der Waals surface area contributed by atoms with E-state index in [1.54, 1.807) is 0 Å². The summed E-state index contributed by atoms with van der Waals surface area (Å²) in [5.41, 5.74) is 3.24. The lowest BCUT2D eigenvalue weighted by molar-refractivity contribution is -0.138. The second-order valence-corrected chi connectivity index (χ2v) is 4.37. The number of alkyl halides is 3. The third kappa shape index (κ3) is 3.00. The van der Waals surface area contributed by atoms with Crippen LogP contribution in [-0.4, -0.2) is 34.4 Å². The highest BCUT2D eigenvalue weighted by molar-refractivity contribution is 5.27. The zero-order valence-electron chi connectivity index (χ0n) is 9.77. The van der Waals surface area contributed by atoms with E-state index >= 15 is 0 Å². The van der Waals surface area contributed by atoms with Crippen molar-refractivity contribution in [2.24, 2.45) is 0 Å². The first-order valence-corrected chi connectivity index (χ1v) is 5.83. The van der Waals surface area contributed by atoms with Gasteiger partial charge in [0.1, 0.15) is 0 Å². The van der Waals surface area contributed by atoms with E-state index in [4.69, 9.17) is 0 Å². The van der Waals surface area contributed by atoms with Gasteiger partial charge in [0.2, 0.25) is 0 Å². The Labute approximate surface area is 98.0 Å². The third-order valence-electron chi connectivity index (χ3n) is 3.14. The lowest BCUT2D eigenvalue weighted by Crippen LogP contribution is -2.33. The summed E-state index contributed by atoms with van der Waals surface area (Å²) in [6.45, 7) is 3.35. The van der Waals surface area contributed by atoms with Crippen LogP contribution in [0.5, 0.6) is 0 Å². The van der Waals surface area contributed by atoms with Gasteiger partial charge in [0.05, 0.1) is 17.8 Å². The number of nitrogens with one attached hydrogen (secondary N) is 1. The molecule has 0 amide bonds. The molecule has 1 N–H and O–H groups in total. The quantitative estimate of drug-likeness (QED) is 0.888. The summed E-state index contributed by atoms with van der Waals surface area (Å²) in [6, 6.07) is 0. The second kappa shape index (κ2) is 4.68. The van der Waals surface area contributed by atoms with Gasteiger partial charge < -0.3 is 0 Å². The Morgan fingerprint density at radius 2 is 2.18 bits per heavy atom. The van der Waals surface area contributed by atoms with Gasteiger partial charge in [0.15, 0.2) is 0 Å². The van der Waals surface area contributed by atoms with E-state index < -0.39 is 12.6 Å². The number of nitrogens with zero attached hydrogens (tertiary/aromatic N) is 2. The lowest BCUT2D eigenvalue weighted by atomic mass is 10.0. The van der Waals surface area contributed by atoms with Gasteiger partial charge in [-0.3, -0.25) is 10.00 Å². The molecule has 2 heterocycles. The Bertz CT molecular complexity index is 384. The Morgan fingerprint density at radius 3 is 2.82 bits per heavy atom. The lowest BCUT2D eigenvalue weighted by Gasteiger charge is -2.26. The Kier molecular flexibility index (Phi) is 3.42. The Morgan fingerprint density at radius 1 is 1.41 bits per heavy atom. The SMILES string of the molecule is CCc1n[nH]c2c1CCN(CCC(F)(F)F)C2. The molecule has 1 aromatic rings. The molecule has 0 aromatic carbocycles. The molecule has 1 aliphatic rings. The minimum atomic E-state index is -4.07. The van der Waals surface area contributed by atoms with Gasteiger partial charge in [0, 0.05) is 19.6 Å². The Balaban J connectivity index is 1.95. The summed E-state index contributed by atoms with van der Waals surface area (Å²) in [6.07, 6.45) is -3.14. The highest BCUT2D eigenvalue weighted by atomic mass is 19.4. The summed E-state index contributed by atoms with van der Waals surface area (Å²) >= 11 is 0. The predicted octanol–water partition coefficient (Wildman–Crippen LogP) is 2.28. The first kappa shape index (κ1) is 12.4. The van der Waals surface area contributed by atoms with Gasteiger partial charge in [0.25, 0.3) is 0 Å². The monoisotopic (exact) mass is 247 g/mol. The normalized spacial score (nSPS) is 17.2.